The highest BCUT2D eigenvalue weighted by molar-refractivity contribution is 7.99. The monoisotopic (exact) mass is 377 g/mol. The van der Waals surface area contributed by atoms with E-state index in [-0.39, 0.29) is 5.91 Å². The third-order valence-corrected chi connectivity index (χ3v) is 4.89. The van der Waals surface area contributed by atoms with E-state index in [0.29, 0.717) is 13.0 Å². The fraction of sp³-hybridized carbons (Fsp3) is 0.350. The van der Waals surface area contributed by atoms with Crippen molar-refractivity contribution in [3.05, 3.63) is 58.6 Å². The van der Waals surface area contributed by atoms with E-state index in [1.165, 1.54) is 0 Å². The molecule has 0 aliphatic carbocycles. The summed E-state index contributed by atoms with van der Waals surface area (Å²) in [5, 5.41) is 3.68. The molecule has 0 bridgehead atoms. The van der Waals surface area contributed by atoms with Gasteiger partial charge in [-0.05, 0) is 67.8 Å². The molecule has 0 aliphatic heterocycles. The smallest absolute Gasteiger partial charge is 0.261 e. The van der Waals surface area contributed by atoms with Crippen LogP contribution in [0.15, 0.2) is 47.4 Å². The number of amides is 1. The summed E-state index contributed by atoms with van der Waals surface area (Å²) < 4.78 is 5.88. The lowest BCUT2D eigenvalue weighted by molar-refractivity contribution is -0.127. The summed E-state index contributed by atoms with van der Waals surface area (Å²) in [7, 11) is 0. The SMILES string of the molecule is CC[C@@H](Oc1cc(C)cc(C)c1)C(=O)NCCSc1ccc(Cl)cc1. The number of nitrogens with one attached hydrogen (secondary N) is 1. The number of aryl methyl sites for hydroxylation is 2. The lowest BCUT2D eigenvalue weighted by atomic mass is 10.1. The molecule has 0 unspecified atom stereocenters. The van der Waals surface area contributed by atoms with E-state index in [1.807, 2.05) is 57.2 Å². The van der Waals surface area contributed by atoms with Gasteiger partial charge >= 0.3 is 0 Å². The molecule has 0 heterocycles. The maximum Gasteiger partial charge on any atom is 0.261 e. The molecular weight excluding hydrogens is 354 g/mol. The fourth-order valence-electron chi connectivity index (χ4n) is 2.48. The molecule has 0 aromatic heterocycles. The first-order chi connectivity index (χ1) is 12.0. The number of benzene rings is 2. The van der Waals surface area contributed by atoms with Gasteiger partial charge in [0.25, 0.3) is 5.91 Å². The van der Waals surface area contributed by atoms with E-state index in [9.17, 15) is 4.79 Å². The van der Waals surface area contributed by atoms with Crippen molar-refractivity contribution in [3.63, 3.8) is 0 Å². The van der Waals surface area contributed by atoms with Crippen LogP contribution >= 0.6 is 23.4 Å². The van der Waals surface area contributed by atoms with Crippen molar-refractivity contribution in [1.82, 2.24) is 5.32 Å². The molecule has 0 fully saturated rings. The molecule has 2 rings (SSSR count). The van der Waals surface area contributed by atoms with Gasteiger partial charge < -0.3 is 10.1 Å². The first-order valence-corrected chi connectivity index (χ1v) is 9.75. The zero-order valence-electron chi connectivity index (χ0n) is 14.8. The summed E-state index contributed by atoms with van der Waals surface area (Å²) >= 11 is 7.56. The van der Waals surface area contributed by atoms with E-state index in [0.717, 1.165) is 32.5 Å². The second-order valence-electron chi connectivity index (χ2n) is 5.93. The quantitative estimate of drug-likeness (QED) is 0.518. The van der Waals surface area contributed by atoms with E-state index >= 15 is 0 Å². The van der Waals surface area contributed by atoms with Gasteiger partial charge in [0.1, 0.15) is 5.75 Å². The Balaban J connectivity index is 1.80. The third-order valence-electron chi connectivity index (χ3n) is 3.62. The Morgan fingerprint density at radius 1 is 1.16 bits per heavy atom. The molecule has 5 heteroatoms. The number of rotatable bonds is 8. The number of ether oxygens (including phenoxy) is 1. The molecular formula is C20H24ClNO2S. The Morgan fingerprint density at radius 3 is 2.40 bits per heavy atom. The Bertz CT molecular complexity index is 683. The highest BCUT2D eigenvalue weighted by Gasteiger charge is 2.18. The van der Waals surface area contributed by atoms with E-state index < -0.39 is 6.10 Å². The minimum Gasteiger partial charge on any atom is -0.481 e. The largest absolute Gasteiger partial charge is 0.481 e. The summed E-state index contributed by atoms with van der Waals surface area (Å²) in [5.41, 5.74) is 2.26. The van der Waals surface area contributed by atoms with Gasteiger partial charge in [-0.1, -0.05) is 24.6 Å². The maximum absolute atomic E-state index is 12.3. The number of thioether (sulfide) groups is 1. The zero-order chi connectivity index (χ0) is 18.2. The first kappa shape index (κ1) is 19.7. The predicted octanol–water partition coefficient (Wildman–Crippen LogP) is 5.02. The normalized spacial score (nSPS) is 11.8. The van der Waals surface area contributed by atoms with Gasteiger partial charge in [0, 0.05) is 22.2 Å². The molecule has 0 saturated carbocycles. The minimum absolute atomic E-state index is 0.0710. The average molecular weight is 378 g/mol. The molecule has 2 aromatic rings. The summed E-state index contributed by atoms with van der Waals surface area (Å²) in [6.45, 7) is 6.60. The molecule has 1 amide bonds. The summed E-state index contributed by atoms with van der Waals surface area (Å²) in [5.74, 6) is 1.47. The van der Waals surface area contributed by atoms with Crippen LogP contribution in [0.4, 0.5) is 0 Å². The molecule has 3 nitrogen and oxygen atoms in total. The van der Waals surface area contributed by atoms with Crippen molar-refractivity contribution in [2.45, 2.75) is 38.2 Å². The zero-order valence-corrected chi connectivity index (χ0v) is 16.4. The Kier molecular flexibility index (Phi) is 7.66. The van der Waals surface area contributed by atoms with Crippen LogP contribution in [-0.2, 0) is 4.79 Å². The molecule has 0 radical (unpaired) electrons. The topological polar surface area (TPSA) is 38.3 Å². The van der Waals surface area contributed by atoms with Crippen LogP contribution in [-0.4, -0.2) is 24.3 Å². The number of carbonyl (C=O) groups is 1. The molecule has 2 aromatic carbocycles. The van der Waals surface area contributed by atoms with Gasteiger partial charge in [-0.2, -0.15) is 0 Å². The number of carbonyl (C=O) groups excluding carboxylic acids is 1. The van der Waals surface area contributed by atoms with Gasteiger partial charge in [0.2, 0.25) is 0 Å². The summed E-state index contributed by atoms with van der Waals surface area (Å²) in [6, 6.07) is 13.7. The third kappa shape index (κ3) is 6.63. The van der Waals surface area contributed by atoms with E-state index in [1.54, 1.807) is 11.8 Å². The predicted molar refractivity (Wildman–Crippen MR) is 106 cm³/mol. The van der Waals surface area contributed by atoms with Gasteiger partial charge in [-0.15, -0.1) is 11.8 Å². The molecule has 25 heavy (non-hydrogen) atoms. The van der Waals surface area contributed by atoms with Crippen LogP contribution in [0.1, 0.15) is 24.5 Å². The van der Waals surface area contributed by atoms with Crippen molar-refractivity contribution in [1.29, 1.82) is 0 Å². The minimum atomic E-state index is -0.471. The van der Waals surface area contributed by atoms with Crippen molar-refractivity contribution in [2.75, 3.05) is 12.3 Å². The van der Waals surface area contributed by atoms with Crippen LogP contribution in [0.2, 0.25) is 5.02 Å². The molecule has 0 aliphatic rings. The highest BCUT2D eigenvalue weighted by atomic mass is 35.5. The van der Waals surface area contributed by atoms with Crippen LogP contribution in [0, 0.1) is 13.8 Å². The highest BCUT2D eigenvalue weighted by Crippen LogP contribution is 2.20. The number of halogens is 1. The van der Waals surface area contributed by atoms with Crippen LogP contribution in [0.3, 0.4) is 0 Å². The van der Waals surface area contributed by atoms with Crippen LogP contribution < -0.4 is 10.1 Å². The van der Waals surface area contributed by atoms with Crippen molar-refractivity contribution in [2.24, 2.45) is 0 Å². The van der Waals surface area contributed by atoms with Crippen molar-refractivity contribution < 1.29 is 9.53 Å². The summed E-state index contributed by atoms with van der Waals surface area (Å²) in [4.78, 5) is 13.5. The van der Waals surface area contributed by atoms with Gasteiger partial charge in [0.15, 0.2) is 6.10 Å². The molecule has 134 valence electrons. The van der Waals surface area contributed by atoms with Gasteiger partial charge in [-0.3, -0.25) is 4.79 Å². The van der Waals surface area contributed by atoms with Gasteiger partial charge in [0.05, 0.1) is 0 Å². The molecule has 0 spiro atoms. The number of hydrogen-bond donors (Lipinski definition) is 1. The Labute approximate surface area is 159 Å². The second-order valence-corrected chi connectivity index (χ2v) is 7.54. The Hall–Kier alpha value is -1.65. The van der Waals surface area contributed by atoms with Crippen LogP contribution in [0.25, 0.3) is 0 Å². The molecule has 1 atom stereocenters. The fourth-order valence-corrected chi connectivity index (χ4v) is 3.37. The Morgan fingerprint density at radius 2 is 1.80 bits per heavy atom. The van der Waals surface area contributed by atoms with Gasteiger partial charge in [-0.25, -0.2) is 0 Å². The molecule has 0 saturated heterocycles. The second kappa shape index (κ2) is 9.73. The maximum atomic E-state index is 12.3. The molecule has 1 N–H and O–H groups in total. The number of hydrogen-bond acceptors (Lipinski definition) is 3. The van der Waals surface area contributed by atoms with Crippen molar-refractivity contribution in [3.8, 4) is 5.75 Å². The first-order valence-electron chi connectivity index (χ1n) is 8.39. The average Bonchev–Trinajstić information content (AvgIpc) is 2.57. The lowest BCUT2D eigenvalue weighted by Crippen LogP contribution is -2.39. The van der Waals surface area contributed by atoms with E-state index in [4.69, 9.17) is 16.3 Å². The standard InChI is InChI=1S/C20H24ClNO2S/c1-4-19(24-17-12-14(2)11-15(3)13-17)20(23)22-9-10-25-18-7-5-16(21)6-8-18/h5-8,11-13,19H,4,9-10H2,1-3H3,(H,22,23)/t19-/m1/s1. The lowest BCUT2D eigenvalue weighted by Gasteiger charge is -2.18. The summed E-state index contributed by atoms with van der Waals surface area (Å²) in [6.07, 6.45) is 0.158. The van der Waals surface area contributed by atoms with Crippen molar-refractivity contribution >= 4 is 29.3 Å². The van der Waals surface area contributed by atoms with E-state index in [2.05, 4.69) is 11.4 Å². The van der Waals surface area contributed by atoms with Crippen LogP contribution in [0.5, 0.6) is 5.75 Å².